The summed E-state index contributed by atoms with van der Waals surface area (Å²) in [5.74, 6) is -3.47. The number of alkyl halides is 2. The van der Waals surface area contributed by atoms with Crippen LogP contribution in [0.5, 0.6) is 0 Å². The molecule has 0 atom stereocenters. The number of aryl methyl sites for hydroxylation is 1. The van der Waals surface area contributed by atoms with Crippen LogP contribution in [0.2, 0.25) is 0 Å². The molecule has 1 amide bonds. The first-order chi connectivity index (χ1) is 14.3. The molecule has 2 aromatic heterocycles. The number of carbonyl (C=O) groups is 1. The van der Waals surface area contributed by atoms with Gasteiger partial charge in [0.05, 0.1) is 16.9 Å². The average molecular weight is 414 g/mol. The number of nitrogens with zero attached hydrogens (tertiary/aromatic N) is 3. The van der Waals surface area contributed by atoms with Gasteiger partial charge in [-0.2, -0.15) is 0 Å². The van der Waals surface area contributed by atoms with Crippen LogP contribution in [0.4, 0.5) is 18.9 Å². The van der Waals surface area contributed by atoms with Crippen LogP contribution in [0.3, 0.4) is 0 Å². The SMILES string of the molecule is Cc1nc2ncccc2cc1C(=O)NCc1ccc(N2CCC(F)(F)CC2)c(F)c1. The Morgan fingerprint density at radius 3 is 2.70 bits per heavy atom. The smallest absolute Gasteiger partial charge is 0.253 e. The predicted octanol–water partition coefficient (Wildman–Crippen LogP) is 4.24. The molecular formula is C22H21F3N4O. The number of amides is 1. The Labute approximate surface area is 171 Å². The lowest BCUT2D eigenvalue weighted by Gasteiger charge is -2.33. The second-order valence-corrected chi connectivity index (χ2v) is 7.48. The molecule has 1 aromatic carbocycles. The molecule has 0 unspecified atom stereocenters. The average Bonchev–Trinajstić information content (AvgIpc) is 2.72. The normalized spacial score (nSPS) is 15.9. The molecule has 1 fully saturated rings. The van der Waals surface area contributed by atoms with E-state index in [2.05, 4.69) is 15.3 Å². The lowest BCUT2D eigenvalue weighted by atomic mass is 10.1. The lowest BCUT2D eigenvalue weighted by molar-refractivity contribution is -0.0221. The minimum absolute atomic E-state index is 0.114. The van der Waals surface area contributed by atoms with Crippen LogP contribution in [-0.2, 0) is 6.54 Å². The summed E-state index contributed by atoms with van der Waals surface area (Å²) >= 11 is 0. The highest BCUT2D eigenvalue weighted by Crippen LogP contribution is 2.31. The third kappa shape index (κ3) is 4.22. The summed E-state index contributed by atoms with van der Waals surface area (Å²) in [6.07, 6.45) is 1.08. The Kier molecular flexibility index (Phi) is 5.32. The van der Waals surface area contributed by atoms with Gasteiger partial charge in [0.1, 0.15) is 5.82 Å². The maximum absolute atomic E-state index is 14.6. The van der Waals surface area contributed by atoms with Gasteiger partial charge >= 0.3 is 0 Å². The summed E-state index contributed by atoms with van der Waals surface area (Å²) in [5, 5.41) is 3.54. The van der Waals surface area contributed by atoms with Gasteiger partial charge in [-0.15, -0.1) is 0 Å². The number of pyridine rings is 2. The molecule has 0 radical (unpaired) electrons. The van der Waals surface area contributed by atoms with Crippen molar-refractivity contribution in [3.8, 4) is 0 Å². The molecule has 3 aromatic rings. The topological polar surface area (TPSA) is 58.1 Å². The van der Waals surface area contributed by atoms with E-state index in [1.807, 2.05) is 6.07 Å². The number of fused-ring (bicyclic) bond motifs is 1. The van der Waals surface area contributed by atoms with Crippen LogP contribution >= 0.6 is 0 Å². The van der Waals surface area contributed by atoms with Crippen LogP contribution in [-0.4, -0.2) is 34.9 Å². The fourth-order valence-corrected chi connectivity index (χ4v) is 3.59. The Bertz CT molecular complexity index is 1090. The number of piperidine rings is 1. The Morgan fingerprint density at radius 1 is 1.20 bits per heavy atom. The van der Waals surface area contributed by atoms with Gasteiger partial charge in [-0.1, -0.05) is 6.07 Å². The van der Waals surface area contributed by atoms with Crippen molar-refractivity contribution < 1.29 is 18.0 Å². The molecule has 1 N–H and O–H groups in total. The van der Waals surface area contributed by atoms with Gasteiger partial charge in [0.15, 0.2) is 5.65 Å². The second kappa shape index (κ2) is 7.93. The highest BCUT2D eigenvalue weighted by atomic mass is 19.3. The van der Waals surface area contributed by atoms with Crippen LogP contribution < -0.4 is 10.2 Å². The number of hydrogen-bond acceptors (Lipinski definition) is 4. The Morgan fingerprint density at radius 2 is 1.97 bits per heavy atom. The van der Waals surface area contributed by atoms with E-state index in [0.717, 1.165) is 5.39 Å². The number of nitrogens with one attached hydrogen (secondary N) is 1. The fraction of sp³-hybridized carbons (Fsp3) is 0.318. The van der Waals surface area contributed by atoms with Crippen molar-refractivity contribution in [3.63, 3.8) is 0 Å². The molecule has 0 spiro atoms. The minimum atomic E-state index is -2.68. The van der Waals surface area contributed by atoms with Crippen molar-refractivity contribution in [3.05, 3.63) is 65.2 Å². The number of hydrogen-bond donors (Lipinski definition) is 1. The first kappa shape index (κ1) is 20.1. The summed E-state index contributed by atoms with van der Waals surface area (Å²) in [6.45, 7) is 2.10. The maximum Gasteiger partial charge on any atom is 0.253 e. The summed E-state index contributed by atoms with van der Waals surface area (Å²) in [5.41, 5.74) is 2.45. The first-order valence-electron chi connectivity index (χ1n) is 9.74. The van der Waals surface area contributed by atoms with Crippen LogP contribution in [0.15, 0.2) is 42.6 Å². The van der Waals surface area contributed by atoms with Crippen LogP contribution in [0.1, 0.15) is 34.5 Å². The summed E-state index contributed by atoms with van der Waals surface area (Å²) in [6, 6.07) is 9.94. The van der Waals surface area contributed by atoms with E-state index >= 15 is 0 Å². The van der Waals surface area contributed by atoms with Gasteiger partial charge in [-0.05, 0) is 42.8 Å². The number of anilines is 1. The summed E-state index contributed by atoms with van der Waals surface area (Å²) < 4.78 is 41.2. The molecule has 1 aliphatic heterocycles. The molecule has 5 nitrogen and oxygen atoms in total. The van der Waals surface area contributed by atoms with Crippen LogP contribution in [0.25, 0.3) is 11.0 Å². The molecule has 4 rings (SSSR count). The zero-order valence-corrected chi connectivity index (χ0v) is 16.5. The van der Waals surface area contributed by atoms with E-state index in [4.69, 9.17) is 0 Å². The number of halogens is 3. The quantitative estimate of drug-likeness (QED) is 0.694. The molecule has 0 bridgehead atoms. The second-order valence-electron chi connectivity index (χ2n) is 7.48. The Balaban J connectivity index is 1.43. The van der Waals surface area contributed by atoms with E-state index in [1.165, 1.54) is 6.07 Å². The third-order valence-electron chi connectivity index (χ3n) is 5.33. The van der Waals surface area contributed by atoms with Crippen molar-refractivity contribution in [2.24, 2.45) is 0 Å². The molecule has 1 saturated heterocycles. The van der Waals surface area contributed by atoms with Gasteiger partial charge in [-0.3, -0.25) is 4.79 Å². The molecule has 156 valence electrons. The monoisotopic (exact) mass is 414 g/mol. The highest BCUT2D eigenvalue weighted by Gasteiger charge is 2.34. The zero-order chi connectivity index (χ0) is 21.3. The molecule has 3 heterocycles. The standard InChI is InChI=1S/C22H21F3N4O/c1-14-17(12-16-3-2-8-26-20(16)28-14)21(30)27-13-15-4-5-19(18(23)11-15)29-9-6-22(24,25)7-10-29/h2-5,8,11-12H,6-7,9-10,13H2,1H3,(H,27,30). The first-order valence-corrected chi connectivity index (χ1v) is 9.74. The van der Waals surface area contributed by atoms with Crippen LogP contribution in [0, 0.1) is 12.7 Å². The lowest BCUT2D eigenvalue weighted by Crippen LogP contribution is -2.39. The van der Waals surface area contributed by atoms with Crippen molar-refractivity contribution in [2.45, 2.75) is 32.2 Å². The summed E-state index contributed by atoms with van der Waals surface area (Å²) in [7, 11) is 0. The molecular weight excluding hydrogens is 393 g/mol. The molecule has 0 saturated carbocycles. The molecule has 1 aliphatic rings. The summed E-state index contributed by atoms with van der Waals surface area (Å²) in [4.78, 5) is 22.7. The van der Waals surface area contributed by atoms with E-state index in [9.17, 15) is 18.0 Å². The molecule has 30 heavy (non-hydrogen) atoms. The van der Waals surface area contributed by atoms with Gasteiger partial charge in [-0.25, -0.2) is 23.1 Å². The van der Waals surface area contributed by atoms with Crippen molar-refractivity contribution in [1.29, 1.82) is 0 Å². The minimum Gasteiger partial charge on any atom is -0.369 e. The maximum atomic E-state index is 14.6. The predicted molar refractivity (Wildman–Crippen MR) is 108 cm³/mol. The van der Waals surface area contributed by atoms with Gasteiger partial charge in [0, 0.05) is 44.1 Å². The largest absolute Gasteiger partial charge is 0.369 e. The van der Waals surface area contributed by atoms with E-state index in [0.29, 0.717) is 28.2 Å². The zero-order valence-electron chi connectivity index (χ0n) is 16.5. The third-order valence-corrected chi connectivity index (χ3v) is 5.33. The number of benzene rings is 1. The fourth-order valence-electron chi connectivity index (χ4n) is 3.59. The van der Waals surface area contributed by atoms with Crippen molar-refractivity contribution in [1.82, 2.24) is 15.3 Å². The Hall–Kier alpha value is -3.16. The van der Waals surface area contributed by atoms with Crippen molar-refractivity contribution >= 4 is 22.6 Å². The van der Waals surface area contributed by atoms with E-state index < -0.39 is 11.7 Å². The molecule has 0 aliphatic carbocycles. The van der Waals surface area contributed by atoms with E-state index in [-0.39, 0.29) is 38.4 Å². The van der Waals surface area contributed by atoms with Crippen molar-refractivity contribution in [2.75, 3.05) is 18.0 Å². The number of rotatable bonds is 4. The van der Waals surface area contributed by atoms with Gasteiger partial charge < -0.3 is 10.2 Å². The highest BCUT2D eigenvalue weighted by molar-refractivity contribution is 5.98. The molecule has 8 heteroatoms. The number of carbonyl (C=O) groups excluding carboxylic acids is 1. The van der Waals surface area contributed by atoms with Gasteiger partial charge in [0.2, 0.25) is 0 Å². The van der Waals surface area contributed by atoms with E-state index in [1.54, 1.807) is 42.3 Å². The van der Waals surface area contributed by atoms with Gasteiger partial charge in [0.25, 0.3) is 11.8 Å². The number of aromatic nitrogens is 2.